The molecule has 0 aliphatic rings. The molecule has 0 bridgehead atoms. The van der Waals surface area contributed by atoms with Crippen molar-refractivity contribution >= 4 is 28.9 Å². The summed E-state index contributed by atoms with van der Waals surface area (Å²) in [4.78, 5) is 7.93. The van der Waals surface area contributed by atoms with E-state index in [4.69, 9.17) is 28.4 Å². The average molecular weight is 198 g/mol. The Bertz CT molecular complexity index is 353. The molecule has 0 fully saturated rings. The van der Waals surface area contributed by atoms with Gasteiger partial charge in [-0.3, -0.25) is 0 Å². The zero-order valence-electron chi connectivity index (χ0n) is 7.37. The molecule has 0 atom stereocenters. The molecule has 13 heavy (non-hydrogen) atoms. The molecule has 6 heteroatoms. The maximum absolute atomic E-state index is 5.55. The standard InChI is InChI=1S/C7H10N4OS/c1-3-5(8)11-6(9)4(10-3)7(13)12-2/h1-2H3,(H4,8,9,11). The highest BCUT2D eigenvalue weighted by atomic mass is 32.1. The molecular weight excluding hydrogens is 188 g/mol. The summed E-state index contributed by atoms with van der Waals surface area (Å²) in [5.41, 5.74) is 12.0. The van der Waals surface area contributed by atoms with Crippen molar-refractivity contribution in [3.05, 3.63) is 11.4 Å². The van der Waals surface area contributed by atoms with E-state index in [1.54, 1.807) is 6.92 Å². The fourth-order valence-corrected chi connectivity index (χ4v) is 0.943. The highest BCUT2D eigenvalue weighted by molar-refractivity contribution is 7.80. The first kappa shape index (κ1) is 9.66. The van der Waals surface area contributed by atoms with E-state index in [0.717, 1.165) is 0 Å². The monoisotopic (exact) mass is 198 g/mol. The Morgan fingerprint density at radius 3 is 2.46 bits per heavy atom. The molecule has 0 saturated carbocycles. The zero-order valence-corrected chi connectivity index (χ0v) is 8.18. The van der Waals surface area contributed by atoms with Gasteiger partial charge in [-0.1, -0.05) is 0 Å². The number of rotatable bonds is 1. The van der Waals surface area contributed by atoms with Gasteiger partial charge in [0.1, 0.15) is 5.82 Å². The fraction of sp³-hybridized carbons (Fsp3) is 0.286. The summed E-state index contributed by atoms with van der Waals surface area (Å²) in [6, 6.07) is 0. The van der Waals surface area contributed by atoms with Gasteiger partial charge in [-0.05, 0) is 19.1 Å². The third-order valence-electron chi connectivity index (χ3n) is 1.51. The number of nitrogens with zero attached hydrogens (tertiary/aromatic N) is 2. The van der Waals surface area contributed by atoms with Crippen LogP contribution in [0.15, 0.2) is 0 Å². The van der Waals surface area contributed by atoms with Crippen molar-refractivity contribution in [2.45, 2.75) is 6.92 Å². The molecule has 1 aromatic heterocycles. The average Bonchev–Trinajstić information content (AvgIpc) is 2.10. The first-order valence-corrected chi connectivity index (χ1v) is 3.95. The number of aryl methyl sites for hydroxylation is 1. The van der Waals surface area contributed by atoms with Crippen molar-refractivity contribution < 1.29 is 4.74 Å². The largest absolute Gasteiger partial charge is 0.485 e. The Balaban J connectivity index is 3.23. The van der Waals surface area contributed by atoms with Gasteiger partial charge in [-0.25, -0.2) is 9.97 Å². The minimum atomic E-state index is 0.190. The van der Waals surface area contributed by atoms with Crippen molar-refractivity contribution in [2.24, 2.45) is 0 Å². The van der Waals surface area contributed by atoms with E-state index in [-0.39, 0.29) is 10.9 Å². The highest BCUT2D eigenvalue weighted by Gasteiger charge is 2.11. The molecular formula is C7H10N4OS. The second-order valence-electron chi connectivity index (χ2n) is 2.42. The lowest BCUT2D eigenvalue weighted by molar-refractivity contribution is 0.414. The van der Waals surface area contributed by atoms with Crippen molar-refractivity contribution in [3.8, 4) is 0 Å². The van der Waals surface area contributed by atoms with Crippen molar-refractivity contribution in [1.29, 1.82) is 0 Å². The summed E-state index contributed by atoms with van der Waals surface area (Å²) < 4.78 is 4.82. The number of methoxy groups -OCH3 is 1. The van der Waals surface area contributed by atoms with Crippen molar-refractivity contribution in [2.75, 3.05) is 18.6 Å². The van der Waals surface area contributed by atoms with E-state index >= 15 is 0 Å². The molecule has 0 unspecified atom stereocenters. The van der Waals surface area contributed by atoms with Crippen LogP contribution in [0, 0.1) is 6.92 Å². The molecule has 0 amide bonds. The third-order valence-corrected chi connectivity index (χ3v) is 1.87. The van der Waals surface area contributed by atoms with Gasteiger partial charge < -0.3 is 16.2 Å². The molecule has 1 rings (SSSR count). The summed E-state index contributed by atoms with van der Waals surface area (Å²) in [6.45, 7) is 1.73. The SMILES string of the molecule is COC(=S)c1nc(C)c(N)nc1N. The second kappa shape index (κ2) is 3.53. The van der Waals surface area contributed by atoms with E-state index in [0.29, 0.717) is 17.2 Å². The van der Waals surface area contributed by atoms with Crippen LogP contribution in [0.4, 0.5) is 11.6 Å². The normalized spacial score (nSPS) is 9.69. The van der Waals surface area contributed by atoms with Crippen LogP contribution in [0.25, 0.3) is 0 Å². The maximum Gasteiger partial charge on any atom is 0.213 e. The summed E-state index contributed by atoms with van der Waals surface area (Å²) >= 11 is 4.87. The van der Waals surface area contributed by atoms with Gasteiger partial charge in [-0.2, -0.15) is 0 Å². The van der Waals surface area contributed by atoms with Crippen LogP contribution in [0.3, 0.4) is 0 Å². The number of ether oxygens (including phenoxy) is 1. The van der Waals surface area contributed by atoms with Crippen LogP contribution in [0.2, 0.25) is 0 Å². The van der Waals surface area contributed by atoms with E-state index in [9.17, 15) is 0 Å². The highest BCUT2D eigenvalue weighted by Crippen LogP contribution is 2.12. The quantitative estimate of drug-likeness (QED) is 0.630. The number of aromatic nitrogens is 2. The van der Waals surface area contributed by atoms with E-state index in [1.807, 2.05) is 0 Å². The van der Waals surface area contributed by atoms with Gasteiger partial charge in [0.15, 0.2) is 11.5 Å². The molecule has 1 heterocycles. The Hall–Kier alpha value is -1.43. The summed E-state index contributed by atoms with van der Waals surface area (Å²) in [6.07, 6.45) is 0. The van der Waals surface area contributed by atoms with Crippen LogP contribution in [0.5, 0.6) is 0 Å². The van der Waals surface area contributed by atoms with Crippen LogP contribution in [-0.4, -0.2) is 22.1 Å². The number of thiocarbonyl (C=S) groups is 1. The van der Waals surface area contributed by atoms with Gasteiger partial charge in [0.25, 0.3) is 0 Å². The van der Waals surface area contributed by atoms with Gasteiger partial charge in [-0.15, -0.1) is 0 Å². The molecule has 0 radical (unpaired) electrons. The maximum atomic E-state index is 5.55. The molecule has 4 N–H and O–H groups in total. The van der Waals surface area contributed by atoms with Crippen LogP contribution >= 0.6 is 12.2 Å². The van der Waals surface area contributed by atoms with Gasteiger partial charge in [0.2, 0.25) is 5.05 Å². The number of hydrogen-bond acceptors (Lipinski definition) is 6. The van der Waals surface area contributed by atoms with E-state index in [2.05, 4.69) is 9.97 Å². The van der Waals surface area contributed by atoms with E-state index < -0.39 is 0 Å². The van der Waals surface area contributed by atoms with Gasteiger partial charge in [0.05, 0.1) is 12.8 Å². The Morgan fingerprint density at radius 1 is 1.31 bits per heavy atom. The predicted molar refractivity (Wildman–Crippen MR) is 54.3 cm³/mol. The zero-order chi connectivity index (χ0) is 10.0. The number of nitrogens with two attached hydrogens (primary N) is 2. The molecule has 1 aromatic rings. The topological polar surface area (TPSA) is 87.0 Å². The molecule has 5 nitrogen and oxygen atoms in total. The minimum absolute atomic E-state index is 0.190. The first-order valence-electron chi connectivity index (χ1n) is 3.54. The first-order chi connectivity index (χ1) is 6.06. The van der Waals surface area contributed by atoms with Gasteiger partial charge >= 0.3 is 0 Å². The smallest absolute Gasteiger partial charge is 0.213 e. The molecule has 70 valence electrons. The molecule has 0 saturated heterocycles. The number of hydrogen-bond donors (Lipinski definition) is 2. The lowest BCUT2D eigenvalue weighted by Gasteiger charge is -2.06. The van der Waals surface area contributed by atoms with E-state index in [1.165, 1.54) is 7.11 Å². The number of nitrogen functional groups attached to an aromatic ring is 2. The van der Waals surface area contributed by atoms with Crippen LogP contribution in [0.1, 0.15) is 11.4 Å². The Morgan fingerprint density at radius 2 is 1.92 bits per heavy atom. The molecule has 0 aliphatic heterocycles. The summed E-state index contributed by atoms with van der Waals surface area (Å²) in [7, 11) is 1.45. The summed E-state index contributed by atoms with van der Waals surface area (Å²) in [5, 5.41) is 0.216. The number of anilines is 2. The summed E-state index contributed by atoms with van der Waals surface area (Å²) in [5.74, 6) is 0.495. The minimum Gasteiger partial charge on any atom is -0.485 e. The lowest BCUT2D eigenvalue weighted by Crippen LogP contribution is -2.12. The van der Waals surface area contributed by atoms with Crippen LogP contribution in [-0.2, 0) is 4.74 Å². The third kappa shape index (κ3) is 1.83. The lowest BCUT2D eigenvalue weighted by atomic mass is 10.3. The van der Waals surface area contributed by atoms with Crippen LogP contribution < -0.4 is 11.5 Å². The molecule has 0 aromatic carbocycles. The predicted octanol–water partition coefficient (Wildman–Crippen LogP) is 0.271. The van der Waals surface area contributed by atoms with Gasteiger partial charge in [0, 0.05) is 0 Å². The molecule has 0 aliphatic carbocycles. The van der Waals surface area contributed by atoms with Crippen molar-refractivity contribution in [3.63, 3.8) is 0 Å². The second-order valence-corrected chi connectivity index (χ2v) is 2.79. The fourth-order valence-electron chi connectivity index (χ4n) is 0.793. The Labute approximate surface area is 81.1 Å². The molecule has 0 spiro atoms. The Kier molecular flexibility index (Phi) is 2.62. The van der Waals surface area contributed by atoms with Crippen molar-refractivity contribution in [1.82, 2.24) is 9.97 Å².